The highest BCUT2D eigenvalue weighted by Gasteiger charge is 2.20. The van der Waals surface area contributed by atoms with Crippen LogP contribution >= 0.6 is 0 Å². The Kier molecular flexibility index (Phi) is 3.31. The predicted octanol–water partition coefficient (Wildman–Crippen LogP) is 1.67. The quantitative estimate of drug-likeness (QED) is 0.899. The summed E-state index contributed by atoms with van der Waals surface area (Å²) in [5, 5.41) is 9.18. The Morgan fingerprint density at radius 3 is 2.95 bits per heavy atom. The first-order chi connectivity index (χ1) is 9.65. The smallest absolute Gasteiger partial charge is 0.338 e. The number of carboxylic acids is 1. The van der Waals surface area contributed by atoms with Gasteiger partial charge in [-0.1, -0.05) is 6.07 Å². The highest BCUT2D eigenvalue weighted by atomic mass is 16.4. The Bertz CT molecular complexity index is 638. The van der Waals surface area contributed by atoms with E-state index in [4.69, 9.17) is 4.42 Å². The van der Waals surface area contributed by atoms with E-state index in [1.165, 1.54) is 0 Å². The standard InChI is InChI=1S/C14H17N3O3/c1-16-6-3-7-17(9-8-16)14-15-12-10(13(18)19)4-2-5-11(12)20-14/h2,4-5H,3,6-9H2,1H3,(H,18,19). The van der Waals surface area contributed by atoms with Gasteiger partial charge in [0, 0.05) is 19.6 Å². The van der Waals surface area contributed by atoms with Crippen molar-refractivity contribution in [3.63, 3.8) is 0 Å². The number of para-hydroxylation sites is 1. The third-order valence-electron chi connectivity index (χ3n) is 3.63. The summed E-state index contributed by atoms with van der Waals surface area (Å²) in [4.78, 5) is 19.9. The van der Waals surface area contributed by atoms with Crippen LogP contribution in [0, 0.1) is 0 Å². The minimum absolute atomic E-state index is 0.185. The minimum atomic E-state index is -0.981. The van der Waals surface area contributed by atoms with Crippen LogP contribution in [0.4, 0.5) is 6.01 Å². The number of oxazole rings is 1. The maximum atomic E-state index is 11.2. The van der Waals surface area contributed by atoms with E-state index in [-0.39, 0.29) is 5.56 Å². The van der Waals surface area contributed by atoms with Crippen molar-refractivity contribution < 1.29 is 14.3 Å². The van der Waals surface area contributed by atoms with Crippen molar-refractivity contribution in [2.45, 2.75) is 6.42 Å². The predicted molar refractivity (Wildman–Crippen MR) is 75.3 cm³/mol. The van der Waals surface area contributed by atoms with E-state index < -0.39 is 5.97 Å². The summed E-state index contributed by atoms with van der Waals surface area (Å²) in [5.41, 5.74) is 1.13. The van der Waals surface area contributed by atoms with E-state index in [1.807, 2.05) is 0 Å². The number of nitrogens with zero attached hydrogens (tertiary/aromatic N) is 3. The van der Waals surface area contributed by atoms with Crippen molar-refractivity contribution in [2.24, 2.45) is 0 Å². The fourth-order valence-corrected chi connectivity index (χ4v) is 2.48. The summed E-state index contributed by atoms with van der Waals surface area (Å²) < 4.78 is 5.72. The van der Waals surface area contributed by atoms with Crippen molar-refractivity contribution in [3.8, 4) is 0 Å². The molecule has 2 aromatic rings. The van der Waals surface area contributed by atoms with E-state index in [1.54, 1.807) is 18.2 Å². The molecule has 0 spiro atoms. The molecule has 0 amide bonds. The molecule has 1 aromatic carbocycles. The van der Waals surface area contributed by atoms with Gasteiger partial charge < -0.3 is 19.3 Å². The number of hydrogen-bond donors (Lipinski definition) is 1. The number of likely N-dealkylation sites (N-methyl/N-ethyl adjacent to an activating group) is 1. The molecule has 0 atom stereocenters. The normalized spacial score (nSPS) is 17.4. The zero-order valence-corrected chi connectivity index (χ0v) is 11.4. The molecule has 0 aliphatic carbocycles. The molecule has 0 unspecified atom stereocenters. The lowest BCUT2D eigenvalue weighted by Crippen LogP contribution is -2.28. The van der Waals surface area contributed by atoms with Crippen LogP contribution in [0.2, 0.25) is 0 Å². The van der Waals surface area contributed by atoms with Gasteiger partial charge in [0.2, 0.25) is 0 Å². The summed E-state index contributed by atoms with van der Waals surface area (Å²) in [6, 6.07) is 5.50. The molecule has 1 saturated heterocycles. The second kappa shape index (κ2) is 5.13. The van der Waals surface area contributed by atoms with Crippen molar-refractivity contribution >= 4 is 23.1 Å². The Morgan fingerprint density at radius 2 is 2.15 bits per heavy atom. The molecule has 1 aromatic heterocycles. The number of carboxylic acid groups (broad SMARTS) is 1. The molecule has 0 saturated carbocycles. The fraction of sp³-hybridized carbons (Fsp3) is 0.429. The molecular weight excluding hydrogens is 258 g/mol. The maximum Gasteiger partial charge on any atom is 0.338 e. The molecule has 1 N–H and O–H groups in total. The average molecular weight is 275 g/mol. The Balaban J connectivity index is 1.96. The fourth-order valence-electron chi connectivity index (χ4n) is 2.48. The van der Waals surface area contributed by atoms with Crippen molar-refractivity contribution in [1.29, 1.82) is 0 Å². The lowest BCUT2D eigenvalue weighted by Gasteiger charge is -2.17. The van der Waals surface area contributed by atoms with Crippen LogP contribution in [-0.2, 0) is 0 Å². The van der Waals surface area contributed by atoms with E-state index >= 15 is 0 Å². The SMILES string of the molecule is CN1CCCN(c2nc3c(C(=O)O)cccc3o2)CC1. The second-order valence-electron chi connectivity index (χ2n) is 5.10. The third kappa shape index (κ3) is 2.34. The van der Waals surface area contributed by atoms with E-state index in [9.17, 15) is 9.90 Å². The summed E-state index contributed by atoms with van der Waals surface area (Å²) in [6.45, 7) is 3.72. The van der Waals surface area contributed by atoms with Gasteiger partial charge in [-0.2, -0.15) is 4.98 Å². The molecule has 106 valence electrons. The largest absolute Gasteiger partial charge is 0.478 e. The molecular formula is C14H17N3O3. The summed E-state index contributed by atoms with van der Waals surface area (Å²) >= 11 is 0. The number of aromatic carboxylic acids is 1. The number of carbonyl (C=O) groups is 1. The molecule has 1 aliphatic heterocycles. The van der Waals surface area contributed by atoms with E-state index in [0.29, 0.717) is 17.1 Å². The van der Waals surface area contributed by atoms with Gasteiger partial charge in [0.25, 0.3) is 6.01 Å². The van der Waals surface area contributed by atoms with Crippen LogP contribution in [0.25, 0.3) is 11.1 Å². The highest BCUT2D eigenvalue weighted by molar-refractivity contribution is 6.00. The molecule has 1 fully saturated rings. The van der Waals surface area contributed by atoms with Crippen LogP contribution < -0.4 is 4.90 Å². The Labute approximate surface area is 116 Å². The molecule has 6 heteroatoms. The topological polar surface area (TPSA) is 69.8 Å². The summed E-state index contributed by atoms with van der Waals surface area (Å²) in [5.74, 6) is -0.981. The molecule has 3 rings (SSSR count). The molecule has 0 bridgehead atoms. The van der Waals surface area contributed by atoms with Crippen LogP contribution in [0.1, 0.15) is 16.8 Å². The zero-order chi connectivity index (χ0) is 14.1. The van der Waals surface area contributed by atoms with Crippen molar-refractivity contribution in [2.75, 3.05) is 38.1 Å². The molecule has 6 nitrogen and oxygen atoms in total. The third-order valence-corrected chi connectivity index (χ3v) is 3.63. The monoisotopic (exact) mass is 275 g/mol. The molecule has 20 heavy (non-hydrogen) atoms. The Hall–Kier alpha value is -2.08. The first-order valence-electron chi connectivity index (χ1n) is 6.71. The Morgan fingerprint density at radius 1 is 1.30 bits per heavy atom. The summed E-state index contributed by atoms with van der Waals surface area (Å²) in [6.07, 6.45) is 1.04. The number of benzene rings is 1. The van der Waals surface area contributed by atoms with Gasteiger partial charge in [0.05, 0.1) is 5.56 Å². The molecule has 2 heterocycles. The first kappa shape index (κ1) is 12.9. The van der Waals surface area contributed by atoms with Crippen LogP contribution in [-0.4, -0.2) is 54.2 Å². The highest BCUT2D eigenvalue weighted by Crippen LogP contribution is 2.25. The number of aromatic nitrogens is 1. The van der Waals surface area contributed by atoms with Crippen LogP contribution in [0.5, 0.6) is 0 Å². The number of hydrogen-bond acceptors (Lipinski definition) is 5. The van der Waals surface area contributed by atoms with E-state index in [2.05, 4.69) is 21.8 Å². The van der Waals surface area contributed by atoms with Gasteiger partial charge in [-0.05, 0) is 32.1 Å². The van der Waals surface area contributed by atoms with Gasteiger partial charge in [-0.15, -0.1) is 0 Å². The summed E-state index contributed by atoms with van der Waals surface area (Å²) in [7, 11) is 2.10. The lowest BCUT2D eigenvalue weighted by molar-refractivity contribution is 0.0699. The maximum absolute atomic E-state index is 11.2. The second-order valence-corrected chi connectivity index (χ2v) is 5.10. The van der Waals surface area contributed by atoms with Crippen LogP contribution in [0.15, 0.2) is 22.6 Å². The van der Waals surface area contributed by atoms with Gasteiger partial charge in [-0.3, -0.25) is 0 Å². The lowest BCUT2D eigenvalue weighted by atomic mass is 10.2. The van der Waals surface area contributed by atoms with Crippen molar-refractivity contribution in [1.82, 2.24) is 9.88 Å². The molecule has 1 aliphatic rings. The van der Waals surface area contributed by atoms with E-state index in [0.717, 1.165) is 32.6 Å². The zero-order valence-electron chi connectivity index (χ0n) is 11.4. The van der Waals surface area contributed by atoms with Gasteiger partial charge in [0.1, 0.15) is 5.52 Å². The minimum Gasteiger partial charge on any atom is -0.478 e. The average Bonchev–Trinajstić information content (AvgIpc) is 2.74. The number of anilines is 1. The van der Waals surface area contributed by atoms with Gasteiger partial charge >= 0.3 is 5.97 Å². The number of fused-ring (bicyclic) bond motifs is 1. The molecule has 0 radical (unpaired) electrons. The number of rotatable bonds is 2. The van der Waals surface area contributed by atoms with Gasteiger partial charge in [0.15, 0.2) is 5.58 Å². The van der Waals surface area contributed by atoms with Crippen LogP contribution in [0.3, 0.4) is 0 Å². The van der Waals surface area contributed by atoms with Crippen molar-refractivity contribution in [3.05, 3.63) is 23.8 Å². The first-order valence-corrected chi connectivity index (χ1v) is 6.71. The van der Waals surface area contributed by atoms with Gasteiger partial charge in [-0.25, -0.2) is 4.79 Å².